The number of rotatable bonds is 2. The van der Waals surface area contributed by atoms with Gasteiger partial charge in [-0.1, -0.05) is 19.1 Å². The number of hydrogen-bond donors (Lipinski definition) is 0. The Balaban J connectivity index is 1.56. The van der Waals surface area contributed by atoms with Crippen molar-refractivity contribution >= 4 is 11.8 Å². The first-order valence-corrected chi connectivity index (χ1v) is 8.89. The molecule has 0 N–H and O–H groups in total. The summed E-state index contributed by atoms with van der Waals surface area (Å²) in [5.74, 6) is 0.0542. The molecule has 0 aromatic heterocycles. The quantitative estimate of drug-likeness (QED) is 0.835. The van der Waals surface area contributed by atoms with Crippen LogP contribution >= 0.6 is 0 Å². The lowest BCUT2D eigenvalue weighted by molar-refractivity contribution is -0.138. The normalized spacial score (nSPS) is 22.5. The van der Waals surface area contributed by atoms with Gasteiger partial charge in [-0.25, -0.2) is 4.39 Å². The van der Waals surface area contributed by atoms with Gasteiger partial charge in [0.2, 0.25) is 5.91 Å². The second-order valence-corrected chi connectivity index (χ2v) is 7.08. The van der Waals surface area contributed by atoms with Crippen molar-refractivity contribution in [2.75, 3.05) is 26.2 Å². The van der Waals surface area contributed by atoms with E-state index in [0.29, 0.717) is 31.8 Å². The zero-order chi connectivity index (χ0) is 17.1. The average molecular weight is 332 g/mol. The third-order valence-electron chi connectivity index (χ3n) is 5.20. The number of halogens is 1. The monoisotopic (exact) mass is 332 g/mol. The van der Waals surface area contributed by atoms with Crippen LogP contribution in [0.3, 0.4) is 0 Å². The lowest BCUT2D eigenvalue weighted by atomic mass is 9.92. The molecule has 0 bridgehead atoms. The van der Waals surface area contributed by atoms with Crippen molar-refractivity contribution in [3.8, 4) is 0 Å². The number of likely N-dealkylation sites (tertiary alicyclic amines) is 2. The first-order valence-electron chi connectivity index (χ1n) is 8.89. The van der Waals surface area contributed by atoms with Gasteiger partial charge >= 0.3 is 0 Å². The fraction of sp³-hybridized carbons (Fsp3) is 0.579. The molecular weight excluding hydrogens is 307 g/mol. The molecular formula is C19H25FN2O2. The molecule has 1 aromatic rings. The van der Waals surface area contributed by atoms with Crippen molar-refractivity contribution in [2.45, 2.75) is 32.6 Å². The standard InChI is InChI=1S/C19H25FN2O2/c1-14-5-4-10-22(13-14)18(23)15-8-11-21(12-9-15)19(24)16-6-2-3-7-17(16)20/h2-3,6-7,14-15H,4-5,8-13H2,1H3/t14-/m0/s1. The highest BCUT2D eigenvalue weighted by molar-refractivity contribution is 5.94. The molecule has 0 radical (unpaired) electrons. The highest BCUT2D eigenvalue weighted by Gasteiger charge is 2.32. The third kappa shape index (κ3) is 3.60. The number of piperidine rings is 2. The number of nitrogens with zero attached hydrogens (tertiary/aromatic N) is 2. The molecule has 2 amide bonds. The zero-order valence-electron chi connectivity index (χ0n) is 14.2. The Morgan fingerprint density at radius 3 is 2.42 bits per heavy atom. The molecule has 2 fully saturated rings. The van der Waals surface area contributed by atoms with Gasteiger partial charge in [0.1, 0.15) is 5.82 Å². The molecule has 2 saturated heterocycles. The van der Waals surface area contributed by atoms with Gasteiger partial charge in [-0.05, 0) is 43.7 Å². The molecule has 0 unspecified atom stereocenters. The number of carbonyl (C=O) groups is 2. The first kappa shape index (κ1) is 16.9. The van der Waals surface area contributed by atoms with Crippen molar-refractivity contribution < 1.29 is 14.0 Å². The maximum absolute atomic E-state index is 13.8. The predicted molar refractivity (Wildman–Crippen MR) is 90.0 cm³/mol. The van der Waals surface area contributed by atoms with Crippen LogP contribution in [-0.4, -0.2) is 47.8 Å². The fourth-order valence-corrected chi connectivity index (χ4v) is 3.78. The van der Waals surface area contributed by atoms with Gasteiger partial charge in [0.15, 0.2) is 0 Å². The van der Waals surface area contributed by atoms with Gasteiger partial charge in [-0.15, -0.1) is 0 Å². The Morgan fingerprint density at radius 1 is 1.04 bits per heavy atom. The summed E-state index contributed by atoms with van der Waals surface area (Å²) >= 11 is 0. The largest absolute Gasteiger partial charge is 0.342 e. The minimum absolute atomic E-state index is 0.0000275. The summed E-state index contributed by atoms with van der Waals surface area (Å²) in [7, 11) is 0. The van der Waals surface area contributed by atoms with Gasteiger partial charge in [0.05, 0.1) is 5.56 Å². The van der Waals surface area contributed by atoms with E-state index in [4.69, 9.17) is 0 Å². The van der Waals surface area contributed by atoms with Crippen LogP contribution in [0.5, 0.6) is 0 Å². The van der Waals surface area contributed by atoms with E-state index in [-0.39, 0.29) is 23.3 Å². The van der Waals surface area contributed by atoms with Crippen molar-refractivity contribution in [3.63, 3.8) is 0 Å². The minimum atomic E-state index is -0.483. The van der Waals surface area contributed by atoms with Gasteiger partial charge < -0.3 is 9.80 Å². The summed E-state index contributed by atoms with van der Waals surface area (Å²) in [6.07, 6.45) is 3.62. The SMILES string of the molecule is C[C@H]1CCCN(C(=O)C2CCN(C(=O)c3ccccc3F)CC2)C1. The molecule has 0 saturated carbocycles. The molecule has 5 heteroatoms. The van der Waals surface area contributed by atoms with Crippen molar-refractivity contribution in [3.05, 3.63) is 35.6 Å². The summed E-state index contributed by atoms with van der Waals surface area (Å²) < 4.78 is 13.8. The van der Waals surface area contributed by atoms with E-state index in [1.54, 1.807) is 17.0 Å². The van der Waals surface area contributed by atoms with Crippen LogP contribution in [0.1, 0.15) is 43.0 Å². The second-order valence-electron chi connectivity index (χ2n) is 7.08. The van der Waals surface area contributed by atoms with Crippen LogP contribution in [-0.2, 0) is 4.79 Å². The minimum Gasteiger partial charge on any atom is -0.342 e. The summed E-state index contributed by atoms with van der Waals surface area (Å²) in [5, 5.41) is 0. The van der Waals surface area contributed by atoms with Gasteiger partial charge in [0, 0.05) is 32.1 Å². The number of benzene rings is 1. The van der Waals surface area contributed by atoms with Gasteiger partial charge in [-0.2, -0.15) is 0 Å². The molecule has 130 valence electrons. The maximum Gasteiger partial charge on any atom is 0.256 e. The molecule has 1 aromatic carbocycles. The summed E-state index contributed by atoms with van der Waals surface area (Å²) in [6, 6.07) is 6.08. The van der Waals surface area contributed by atoms with Crippen molar-refractivity contribution in [1.82, 2.24) is 9.80 Å². The molecule has 2 heterocycles. The zero-order valence-corrected chi connectivity index (χ0v) is 14.2. The molecule has 4 nitrogen and oxygen atoms in total. The van der Waals surface area contributed by atoms with E-state index in [0.717, 1.165) is 19.5 Å². The number of carbonyl (C=O) groups excluding carboxylic acids is 2. The molecule has 24 heavy (non-hydrogen) atoms. The average Bonchev–Trinajstić information content (AvgIpc) is 2.61. The van der Waals surface area contributed by atoms with E-state index in [1.165, 1.54) is 18.6 Å². The maximum atomic E-state index is 13.8. The first-order chi connectivity index (χ1) is 11.6. The Hall–Kier alpha value is -1.91. The molecule has 2 aliphatic heterocycles. The molecule has 1 atom stereocenters. The highest BCUT2D eigenvalue weighted by Crippen LogP contribution is 2.24. The predicted octanol–water partition coefficient (Wildman–Crippen LogP) is 2.94. The van der Waals surface area contributed by atoms with Crippen molar-refractivity contribution in [2.24, 2.45) is 11.8 Å². The molecule has 0 spiro atoms. The van der Waals surface area contributed by atoms with Crippen LogP contribution in [0.2, 0.25) is 0 Å². The molecule has 2 aliphatic rings. The van der Waals surface area contributed by atoms with Crippen LogP contribution in [0.15, 0.2) is 24.3 Å². The lowest BCUT2D eigenvalue weighted by Crippen LogP contribution is -2.47. The topological polar surface area (TPSA) is 40.6 Å². The van der Waals surface area contributed by atoms with Crippen LogP contribution in [0, 0.1) is 17.7 Å². The summed E-state index contributed by atoms with van der Waals surface area (Å²) in [5.41, 5.74) is 0.118. The Kier molecular flexibility index (Phi) is 5.17. The fourth-order valence-electron chi connectivity index (χ4n) is 3.78. The van der Waals surface area contributed by atoms with E-state index in [9.17, 15) is 14.0 Å². The smallest absolute Gasteiger partial charge is 0.256 e. The Bertz CT molecular complexity index is 611. The summed E-state index contributed by atoms with van der Waals surface area (Å²) in [6.45, 7) is 4.94. The van der Waals surface area contributed by atoms with E-state index >= 15 is 0 Å². The third-order valence-corrected chi connectivity index (χ3v) is 5.20. The van der Waals surface area contributed by atoms with Gasteiger partial charge in [-0.3, -0.25) is 9.59 Å². The number of amides is 2. The van der Waals surface area contributed by atoms with E-state index < -0.39 is 5.82 Å². The lowest BCUT2D eigenvalue weighted by Gasteiger charge is -2.37. The Labute approximate surface area is 142 Å². The summed E-state index contributed by atoms with van der Waals surface area (Å²) in [4.78, 5) is 28.8. The van der Waals surface area contributed by atoms with Crippen molar-refractivity contribution in [1.29, 1.82) is 0 Å². The highest BCUT2D eigenvalue weighted by atomic mass is 19.1. The number of hydrogen-bond acceptors (Lipinski definition) is 2. The van der Waals surface area contributed by atoms with Gasteiger partial charge in [0.25, 0.3) is 5.91 Å². The van der Waals surface area contributed by atoms with Crippen LogP contribution in [0.4, 0.5) is 4.39 Å². The van der Waals surface area contributed by atoms with E-state index in [1.807, 2.05) is 4.90 Å². The van der Waals surface area contributed by atoms with Crippen LogP contribution in [0.25, 0.3) is 0 Å². The second kappa shape index (κ2) is 7.32. The van der Waals surface area contributed by atoms with E-state index in [2.05, 4.69) is 6.92 Å². The molecule has 0 aliphatic carbocycles. The van der Waals surface area contributed by atoms with Crippen LogP contribution < -0.4 is 0 Å². The Morgan fingerprint density at radius 2 is 1.75 bits per heavy atom. The molecule has 3 rings (SSSR count).